The Hall–Kier alpha value is -3.68. The summed E-state index contributed by atoms with van der Waals surface area (Å²) in [5.74, 6) is -0.898. The average Bonchev–Trinajstić information content (AvgIpc) is 2.81. The number of aliphatic carboxylic acids is 1. The highest BCUT2D eigenvalue weighted by Crippen LogP contribution is 2.33. The van der Waals surface area contributed by atoms with E-state index < -0.39 is 23.3 Å². The molecule has 2 heterocycles. The number of carboxylic acids is 1. The summed E-state index contributed by atoms with van der Waals surface area (Å²) in [6.45, 7) is 1.14. The zero-order valence-electron chi connectivity index (χ0n) is 19.8. The fraction of sp³-hybridized carbons (Fsp3) is 0.522. The Morgan fingerprint density at radius 2 is 1.92 bits per heavy atom. The molecule has 1 atom stereocenters. The molecule has 1 saturated carbocycles. The first-order valence-electron chi connectivity index (χ1n) is 11.9. The molecule has 11 nitrogen and oxygen atoms in total. The lowest BCUT2D eigenvalue weighted by atomic mass is 9.83. The van der Waals surface area contributed by atoms with Gasteiger partial charge in [0, 0.05) is 31.2 Å². The number of benzene rings is 1. The molecule has 200 valence electrons. The maximum atomic E-state index is 12.7. The largest absolute Gasteiger partial charge is 0.573 e. The topological polar surface area (TPSA) is 143 Å². The Labute approximate surface area is 210 Å². The Balaban J connectivity index is 1.35. The average molecular weight is 525 g/mol. The van der Waals surface area contributed by atoms with Crippen molar-refractivity contribution in [1.29, 1.82) is 0 Å². The predicted molar refractivity (Wildman–Crippen MR) is 126 cm³/mol. The lowest BCUT2D eigenvalue weighted by Crippen LogP contribution is -2.57. The molecule has 0 radical (unpaired) electrons. The van der Waals surface area contributed by atoms with Crippen LogP contribution in [0, 0.1) is 16.0 Å². The minimum atomic E-state index is -4.84. The lowest BCUT2D eigenvalue weighted by molar-refractivity contribution is -0.384. The number of nitrogens with zero attached hydrogens (tertiary/aromatic N) is 4. The number of alkyl halides is 3. The summed E-state index contributed by atoms with van der Waals surface area (Å²) < 4.78 is 42.0. The maximum absolute atomic E-state index is 12.7. The van der Waals surface area contributed by atoms with Gasteiger partial charge in [-0.3, -0.25) is 19.8 Å². The van der Waals surface area contributed by atoms with E-state index >= 15 is 0 Å². The lowest BCUT2D eigenvalue weighted by Gasteiger charge is -2.46. The summed E-state index contributed by atoms with van der Waals surface area (Å²) in [5.41, 5.74) is -0.106. The molecule has 1 aromatic carbocycles. The molecule has 0 bridgehead atoms. The molecular weight excluding hydrogens is 497 g/mol. The third-order valence-corrected chi connectivity index (χ3v) is 6.79. The van der Waals surface area contributed by atoms with E-state index in [0.29, 0.717) is 13.0 Å². The number of likely N-dealkylation sites (tertiary alicyclic amines) is 1. The van der Waals surface area contributed by atoms with Crippen LogP contribution >= 0.6 is 0 Å². The molecular formula is C23H27F3N6O5. The van der Waals surface area contributed by atoms with E-state index in [1.165, 1.54) is 18.2 Å². The summed E-state index contributed by atoms with van der Waals surface area (Å²) >= 11 is 0. The van der Waals surface area contributed by atoms with E-state index in [1.54, 1.807) is 6.07 Å². The highest BCUT2D eigenvalue weighted by molar-refractivity contribution is 5.74. The van der Waals surface area contributed by atoms with Crippen LogP contribution in [0.25, 0.3) is 0 Å². The molecule has 2 aromatic rings. The fourth-order valence-electron chi connectivity index (χ4n) is 4.80. The molecule has 1 aliphatic heterocycles. The van der Waals surface area contributed by atoms with E-state index in [2.05, 4.69) is 25.3 Å². The first-order valence-corrected chi connectivity index (χ1v) is 11.9. The van der Waals surface area contributed by atoms with Crippen molar-refractivity contribution in [3.63, 3.8) is 0 Å². The summed E-state index contributed by atoms with van der Waals surface area (Å²) in [6, 6.07) is 5.44. The Morgan fingerprint density at radius 3 is 2.54 bits per heavy atom. The zero-order valence-corrected chi connectivity index (χ0v) is 19.8. The van der Waals surface area contributed by atoms with E-state index in [-0.39, 0.29) is 47.3 Å². The molecule has 0 amide bonds. The van der Waals surface area contributed by atoms with Gasteiger partial charge in [0.2, 0.25) is 11.8 Å². The molecule has 14 heteroatoms. The quantitative estimate of drug-likeness (QED) is 0.308. The van der Waals surface area contributed by atoms with Crippen molar-refractivity contribution in [2.75, 3.05) is 23.7 Å². The van der Waals surface area contributed by atoms with Crippen molar-refractivity contribution >= 4 is 23.4 Å². The molecule has 37 heavy (non-hydrogen) atoms. The normalized spacial score (nSPS) is 22.1. The summed E-state index contributed by atoms with van der Waals surface area (Å²) in [7, 11) is 0. The van der Waals surface area contributed by atoms with Gasteiger partial charge in [0.25, 0.3) is 0 Å². The molecule has 1 aromatic heterocycles. The first kappa shape index (κ1) is 26.4. The van der Waals surface area contributed by atoms with Gasteiger partial charge in [0.05, 0.1) is 4.92 Å². The van der Waals surface area contributed by atoms with Crippen LogP contribution in [0.15, 0.2) is 30.5 Å². The fourth-order valence-corrected chi connectivity index (χ4v) is 4.80. The van der Waals surface area contributed by atoms with Crippen LogP contribution in [0.5, 0.6) is 5.75 Å². The second-order valence-corrected chi connectivity index (χ2v) is 9.13. The number of aromatic nitrogens is 2. The minimum Gasteiger partial charge on any atom is -0.480 e. The van der Waals surface area contributed by atoms with Gasteiger partial charge in [-0.1, -0.05) is 18.2 Å². The minimum absolute atomic E-state index is 0.0103. The van der Waals surface area contributed by atoms with Gasteiger partial charge in [-0.2, -0.15) is 4.98 Å². The number of carboxylic acid groups (broad SMARTS) is 1. The predicted octanol–water partition coefficient (Wildman–Crippen LogP) is 4.03. The van der Waals surface area contributed by atoms with Crippen molar-refractivity contribution in [2.45, 2.75) is 57.1 Å². The Morgan fingerprint density at radius 1 is 1.19 bits per heavy atom. The molecule has 1 saturated heterocycles. The van der Waals surface area contributed by atoms with E-state index in [9.17, 15) is 33.2 Å². The molecule has 1 aliphatic carbocycles. The van der Waals surface area contributed by atoms with Crippen LogP contribution in [0.4, 0.5) is 30.6 Å². The van der Waals surface area contributed by atoms with Crippen LogP contribution in [-0.4, -0.2) is 62.4 Å². The van der Waals surface area contributed by atoms with Gasteiger partial charge in [0.15, 0.2) is 0 Å². The highest BCUT2D eigenvalue weighted by atomic mass is 19.4. The molecule has 2 fully saturated rings. The maximum Gasteiger partial charge on any atom is 0.573 e. The smallest absolute Gasteiger partial charge is 0.480 e. The zero-order chi connectivity index (χ0) is 26.6. The third kappa shape index (κ3) is 6.76. The number of para-hydroxylation sites is 1. The van der Waals surface area contributed by atoms with Crippen LogP contribution < -0.4 is 15.4 Å². The number of anilines is 2. The standard InChI is InChI=1S/C23H27F3N6O5/c24-23(25,26)37-19-4-2-1-3-15(19)12-28-22-29-13-18(32(35)36)20(30-22)27-11-14-5-7-16(8-6-14)31-10-9-17(31)21(33)34/h1-4,13-14,16-17H,5-12H2,(H,33,34)(H2,27,28,29,30). The number of rotatable bonds is 10. The number of hydrogen-bond donors (Lipinski definition) is 3. The Bertz CT molecular complexity index is 1130. The number of ether oxygens (including phenoxy) is 1. The van der Waals surface area contributed by atoms with Gasteiger partial charge >= 0.3 is 18.0 Å². The van der Waals surface area contributed by atoms with E-state index in [0.717, 1.165) is 38.4 Å². The van der Waals surface area contributed by atoms with Crippen molar-refractivity contribution in [3.8, 4) is 5.75 Å². The molecule has 2 aliphatic rings. The van der Waals surface area contributed by atoms with Gasteiger partial charge in [-0.25, -0.2) is 4.98 Å². The monoisotopic (exact) mass is 524 g/mol. The van der Waals surface area contributed by atoms with Crippen molar-refractivity contribution < 1.29 is 32.7 Å². The number of nitro groups is 1. The van der Waals surface area contributed by atoms with Gasteiger partial charge in [0.1, 0.15) is 18.0 Å². The van der Waals surface area contributed by atoms with Crippen LogP contribution in [-0.2, 0) is 11.3 Å². The summed E-state index contributed by atoms with van der Waals surface area (Å²) in [4.78, 5) is 32.3. The molecule has 0 spiro atoms. The number of hydrogen-bond acceptors (Lipinski definition) is 9. The summed E-state index contributed by atoms with van der Waals surface area (Å²) in [5, 5.41) is 26.6. The van der Waals surface area contributed by atoms with Crippen LogP contribution in [0.2, 0.25) is 0 Å². The molecule has 4 rings (SSSR count). The van der Waals surface area contributed by atoms with E-state index in [4.69, 9.17) is 0 Å². The first-order chi connectivity index (χ1) is 17.6. The number of halogens is 3. The van der Waals surface area contributed by atoms with Gasteiger partial charge in [-0.05, 0) is 44.1 Å². The van der Waals surface area contributed by atoms with E-state index in [1.807, 2.05) is 4.90 Å². The molecule has 3 N–H and O–H groups in total. The van der Waals surface area contributed by atoms with Crippen molar-refractivity contribution in [2.24, 2.45) is 5.92 Å². The Kier molecular flexibility index (Phi) is 7.95. The second-order valence-electron chi connectivity index (χ2n) is 9.13. The van der Waals surface area contributed by atoms with Crippen molar-refractivity contribution in [3.05, 3.63) is 46.1 Å². The van der Waals surface area contributed by atoms with Crippen molar-refractivity contribution in [1.82, 2.24) is 14.9 Å². The third-order valence-electron chi connectivity index (χ3n) is 6.79. The van der Waals surface area contributed by atoms with Gasteiger partial charge < -0.3 is 20.5 Å². The highest BCUT2D eigenvalue weighted by Gasteiger charge is 2.40. The number of carbonyl (C=O) groups is 1. The van der Waals surface area contributed by atoms with Crippen LogP contribution in [0.1, 0.15) is 37.7 Å². The summed E-state index contributed by atoms with van der Waals surface area (Å²) in [6.07, 6.45) is 0.279. The van der Waals surface area contributed by atoms with Crippen LogP contribution in [0.3, 0.4) is 0 Å². The van der Waals surface area contributed by atoms with Gasteiger partial charge in [-0.15, -0.1) is 13.2 Å². The molecule has 1 unspecified atom stereocenters. The second kappa shape index (κ2) is 11.2. The SMILES string of the molecule is O=C(O)C1CCN1C1CCC(CNc2nc(NCc3ccccc3OC(F)(F)F)ncc2[N+](=O)[O-])CC1. The number of nitrogens with one attached hydrogen (secondary N) is 2.